The van der Waals surface area contributed by atoms with Gasteiger partial charge in [-0.3, -0.25) is 14.4 Å². The molecule has 256 valence electrons. The van der Waals surface area contributed by atoms with Crippen molar-refractivity contribution in [1.82, 2.24) is 0 Å². The van der Waals surface area contributed by atoms with Gasteiger partial charge in [0.15, 0.2) is 22.8 Å². The number of Topliss-reactive ketones (excluding diaryl/α,β-unsaturated/α-hetero) is 1. The monoisotopic (exact) mass is 708 g/mol. The smallest absolute Gasteiger partial charge is 0.416 e. The molecule has 0 bridgehead atoms. The van der Waals surface area contributed by atoms with E-state index in [1.165, 1.54) is 25.1 Å². The average molecular weight is 709 g/mol. The molecule has 9 atom stereocenters. The summed E-state index contributed by atoms with van der Waals surface area (Å²) >= 11 is 1.61. The highest BCUT2D eigenvalue weighted by Gasteiger charge is 2.78. The Hall–Kier alpha value is -3.16. The number of fused-ring (bicyclic) bond motifs is 5. The molecular formula is C35H33F5O6S2. The Labute approximate surface area is 281 Å². The van der Waals surface area contributed by atoms with Crippen molar-refractivity contribution in [1.29, 1.82) is 0 Å². The predicted molar refractivity (Wildman–Crippen MR) is 169 cm³/mol. The second kappa shape index (κ2) is 11.7. The summed E-state index contributed by atoms with van der Waals surface area (Å²) in [6.07, 6.45) is -5.11. The van der Waals surface area contributed by atoms with Crippen molar-refractivity contribution in [3.05, 3.63) is 81.6 Å². The number of ether oxygens (including phenoxy) is 1. The van der Waals surface area contributed by atoms with E-state index in [2.05, 4.69) is 0 Å². The first kappa shape index (κ1) is 34.7. The van der Waals surface area contributed by atoms with Gasteiger partial charge in [-0.25, -0.2) is 13.6 Å². The maximum atomic E-state index is 17.7. The van der Waals surface area contributed by atoms with Gasteiger partial charge in [0, 0.05) is 28.2 Å². The number of rotatable bonds is 6. The molecule has 6 nitrogen and oxygen atoms in total. The lowest BCUT2D eigenvalue weighted by atomic mass is 9.44. The molecule has 4 aliphatic carbocycles. The van der Waals surface area contributed by atoms with Gasteiger partial charge in [0.1, 0.15) is 11.0 Å². The number of aliphatic hydroxyl groups excluding tert-OH is 1. The quantitative estimate of drug-likeness (QED) is 0.190. The Morgan fingerprint density at radius 3 is 2.40 bits per heavy atom. The van der Waals surface area contributed by atoms with Crippen molar-refractivity contribution in [2.45, 2.75) is 69.8 Å². The molecule has 48 heavy (non-hydrogen) atoms. The topological polar surface area (TPSA) is 97.7 Å². The zero-order valence-electron chi connectivity index (χ0n) is 26.2. The second-order valence-corrected chi connectivity index (χ2v) is 15.6. The third-order valence-corrected chi connectivity index (χ3v) is 13.1. The normalized spacial score (nSPS) is 37.2. The lowest BCUT2D eigenvalue weighted by molar-refractivity contribution is -0.221. The molecule has 0 saturated heterocycles. The first-order valence-corrected chi connectivity index (χ1v) is 17.4. The average Bonchev–Trinajstić information content (AvgIpc) is 3.64. The fourth-order valence-corrected chi connectivity index (χ4v) is 10.7. The first-order chi connectivity index (χ1) is 22.4. The van der Waals surface area contributed by atoms with Crippen LogP contribution in [0.1, 0.15) is 65.6 Å². The van der Waals surface area contributed by atoms with E-state index < -0.39 is 92.3 Å². The molecule has 0 unspecified atom stereocenters. The highest BCUT2D eigenvalue weighted by atomic mass is 32.2. The number of thioether (sulfide) groups is 1. The molecule has 0 amide bonds. The number of carbonyl (C=O) groups excluding carboxylic acids is 4. The number of allylic oxidation sites excluding steroid dienone is 4. The lowest BCUT2D eigenvalue weighted by Gasteiger charge is -2.63. The summed E-state index contributed by atoms with van der Waals surface area (Å²) in [5, 5.41) is 12.7. The summed E-state index contributed by atoms with van der Waals surface area (Å²) in [6.45, 7) is 4.75. The molecule has 0 spiro atoms. The first-order valence-electron chi connectivity index (χ1n) is 15.5. The van der Waals surface area contributed by atoms with Crippen molar-refractivity contribution < 1.29 is 51.0 Å². The molecule has 13 heteroatoms. The summed E-state index contributed by atoms with van der Waals surface area (Å²) < 4.78 is 79.0. The van der Waals surface area contributed by atoms with Gasteiger partial charge in [0.05, 0.1) is 17.4 Å². The van der Waals surface area contributed by atoms with Gasteiger partial charge in [-0.1, -0.05) is 49.9 Å². The molecule has 3 saturated carbocycles. The minimum atomic E-state index is -4.60. The number of thiophene rings is 1. The van der Waals surface area contributed by atoms with Gasteiger partial charge < -0.3 is 9.84 Å². The fraction of sp³-hybridized carbons (Fsp3) is 0.486. The zero-order valence-corrected chi connectivity index (χ0v) is 27.8. The number of ketones is 2. The maximum absolute atomic E-state index is 17.7. The Morgan fingerprint density at radius 2 is 1.77 bits per heavy atom. The minimum absolute atomic E-state index is 0.0498. The molecule has 0 radical (unpaired) electrons. The number of halogens is 5. The van der Waals surface area contributed by atoms with Gasteiger partial charge in [0.25, 0.3) is 0 Å². The number of esters is 1. The fourth-order valence-electron chi connectivity index (χ4n) is 8.98. The zero-order chi connectivity index (χ0) is 35.0. The highest BCUT2D eigenvalue weighted by molar-refractivity contribution is 8.14. The Kier molecular flexibility index (Phi) is 8.47. The third kappa shape index (κ3) is 4.97. The molecule has 1 heterocycles. The summed E-state index contributed by atoms with van der Waals surface area (Å²) in [5.74, 6) is -5.12. The minimum Gasteiger partial charge on any atom is -0.445 e. The van der Waals surface area contributed by atoms with Gasteiger partial charge in [-0.05, 0) is 73.4 Å². The third-order valence-electron chi connectivity index (χ3n) is 11.3. The maximum Gasteiger partial charge on any atom is 0.416 e. The summed E-state index contributed by atoms with van der Waals surface area (Å²) in [6, 6.07) is 6.70. The van der Waals surface area contributed by atoms with E-state index in [4.69, 9.17) is 4.74 Å². The van der Waals surface area contributed by atoms with Gasteiger partial charge in [0.2, 0.25) is 5.12 Å². The molecule has 1 aromatic carbocycles. The lowest BCUT2D eigenvalue weighted by Crippen LogP contribution is -2.70. The Morgan fingerprint density at radius 1 is 1.08 bits per heavy atom. The SMILES string of the molecule is C[C@@H]1C[C@H]2[C@@H]3C[C@H](F)C4=CC(=O)C=C[C@]4(C)[C@@]3(F)[C@@H](O)C[C@]2(C)[C@@]1(OC(=O)c1cccs1)C(=O)SCC(=O)c1ccc(C(F)(F)F)cc1. The number of hydrogen-bond donors (Lipinski definition) is 1. The van der Waals surface area contributed by atoms with Crippen molar-refractivity contribution in [2.75, 3.05) is 5.75 Å². The molecular weight excluding hydrogens is 676 g/mol. The van der Waals surface area contributed by atoms with Crippen LogP contribution < -0.4 is 0 Å². The Balaban J connectivity index is 1.37. The molecule has 4 aliphatic rings. The van der Waals surface area contributed by atoms with E-state index in [0.717, 1.165) is 41.7 Å². The van der Waals surface area contributed by atoms with Crippen molar-refractivity contribution in [3.8, 4) is 0 Å². The molecule has 1 aromatic heterocycles. The van der Waals surface area contributed by atoms with Crippen molar-refractivity contribution >= 4 is 45.7 Å². The molecule has 1 N–H and O–H groups in total. The predicted octanol–water partition coefficient (Wildman–Crippen LogP) is 7.37. The molecule has 3 fully saturated rings. The van der Waals surface area contributed by atoms with Crippen LogP contribution in [0, 0.1) is 28.6 Å². The largest absolute Gasteiger partial charge is 0.445 e. The standard InChI is InChI=1S/C35H33F5O6S2/c1-18-13-22-23-15-25(36)24-14-21(41)10-11-31(24,2)33(23,37)28(43)16-32(22,3)34(18,46-29(44)27-5-4-12-47-27)30(45)48-17-26(42)19-6-8-20(9-7-19)35(38,39)40/h4-12,14,18,22-23,25,28,43H,13,15-17H2,1-3H3/t18-,22+,23+,25+,28+,31+,32+,33+,34+/m1/s1. The van der Waals surface area contributed by atoms with E-state index >= 15 is 8.78 Å². The second-order valence-electron chi connectivity index (χ2n) is 13.7. The number of aliphatic hydroxyl groups is 1. The number of carbonyl (C=O) groups is 4. The van der Waals surface area contributed by atoms with Crippen LogP contribution in [-0.2, 0) is 20.5 Å². The van der Waals surface area contributed by atoms with Gasteiger partial charge >= 0.3 is 12.1 Å². The van der Waals surface area contributed by atoms with Crippen LogP contribution in [0.25, 0.3) is 0 Å². The van der Waals surface area contributed by atoms with Gasteiger partial charge in [-0.15, -0.1) is 11.3 Å². The van der Waals surface area contributed by atoms with Crippen molar-refractivity contribution in [3.63, 3.8) is 0 Å². The van der Waals surface area contributed by atoms with Gasteiger partial charge in [-0.2, -0.15) is 13.2 Å². The van der Waals surface area contributed by atoms with E-state index in [1.807, 2.05) is 0 Å². The number of hydrogen-bond acceptors (Lipinski definition) is 8. The van der Waals surface area contributed by atoms with Crippen LogP contribution >= 0.6 is 23.1 Å². The Bertz CT molecular complexity index is 1720. The van der Waals surface area contributed by atoms with E-state index in [0.29, 0.717) is 11.8 Å². The van der Waals surface area contributed by atoms with E-state index in [-0.39, 0.29) is 35.3 Å². The molecule has 6 rings (SSSR count). The van der Waals surface area contributed by atoms with Crippen LogP contribution in [0.15, 0.2) is 65.6 Å². The summed E-state index contributed by atoms with van der Waals surface area (Å²) in [5.41, 5.74) is -8.54. The number of benzene rings is 1. The van der Waals surface area contributed by atoms with Crippen LogP contribution in [0.4, 0.5) is 22.0 Å². The van der Waals surface area contributed by atoms with Crippen LogP contribution in [-0.4, -0.2) is 57.1 Å². The molecule has 2 aromatic rings. The van der Waals surface area contributed by atoms with Crippen molar-refractivity contribution in [2.24, 2.45) is 28.6 Å². The molecule has 0 aliphatic heterocycles. The van der Waals surface area contributed by atoms with E-state index in [1.54, 1.807) is 25.3 Å². The van der Waals surface area contributed by atoms with Crippen LogP contribution in [0.5, 0.6) is 0 Å². The summed E-state index contributed by atoms with van der Waals surface area (Å²) in [7, 11) is 0. The van der Waals surface area contributed by atoms with Crippen LogP contribution in [0.3, 0.4) is 0 Å². The van der Waals surface area contributed by atoms with Crippen LogP contribution in [0.2, 0.25) is 0 Å². The highest BCUT2D eigenvalue weighted by Crippen LogP contribution is 2.72. The number of alkyl halides is 5. The van der Waals surface area contributed by atoms with E-state index in [9.17, 15) is 37.5 Å². The summed E-state index contributed by atoms with van der Waals surface area (Å²) in [4.78, 5) is 53.5.